The monoisotopic (exact) mass is 447 g/mol. The molecule has 0 saturated carbocycles. The van der Waals surface area contributed by atoms with Crippen LogP contribution in [-0.2, 0) is 9.59 Å². The molecule has 162 valence electrons. The van der Waals surface area contributed by atoms with Gasteiger partial charge in [0.1, 0.15) is 12.3 Å². The Balaban J connectivity index is 2.06. The van der Waals surface area contributed by atoms with Gasteiger partial charge in [0.25, 0.3) is 11.8 Å². The van der Waals surface area contributed by atoms with Gasteiger partial charge < -0.3 is 10.6 Å². The zero-order chi connectivity index (χ0) is 22.0. The van der Waals surface area contributed by atoms with Crippen LogP contribution < -0.4 is 10.6 Å². The fraction of sp³-hybridized carbons (Fsp3) is 0.522. The molecule has 2 N–H and O–H groups in total. The second kappa shape index (κ2) is 12.0. The van der Waals surface area contributed by atoms with Crippen LogP contribution >= 0.6 is 18.6 Å². The lowest BCUT2D eigenvalue weighted by Crippen LogP contribution is -2.32. The highest BCUT2D eigenvalue weighted by atomic mass is 32.1. The molecule has 2 rings (SSSR count). The summed E-state index contributed by atoms with van der Waals surface area (Å²) in [5, 5.41) is 7.83. The SMILES string of the molecule is C#CC/C=C\CNC(=O)C[P+]1(CC(=O)Nc2c(C)csc2C(C)=O)CCCCCC1. The summed E-state index contributed by atoms with van der Waals surface area (Å²) in [5.41, 5.74) is 1.54. The van der Waals surface area contributed by atoms with E-state index in [2.05, 4.69) is 16.6 Å². The van der Waals surface area contributed by atoms with E-state index in [4.69, 9.17) is 6.42 Å². The molecule has 1 aliphatic rings. The fourth-order valence-electron chi connectivity index (χ4n) is 3.84. The molecule has 1 aromatic rings. The third-order valence-corrected chi connectivity index (χ3v) is 11.0. The molecule has 0 aliphatic carbocycles. The molecule has 2 heterocycles. The van der Waals surface area contributed by atoms with E-state index < -0.39 is 7.26 Å². The zero-order valence-electron chi connectivity index (χ0n) is 18.0. The molecular formula is C23H32N2O3PS+. The molecule has 5 nitrogen and oxygen atoms in total. The number of rotatable bonds is 9. The average molecular weight is 448 g/mol. The smallest absolute Gasteiger partial charge is 0.261 e. The molecular weight excluding hydrogens is 415 g/mol. The van der Waals surface area contributed by atoms with Gasteiger partial charge in [0.15, 0.2) is 5.78 Å². The van der Waals surface area contributed by atoms with E-state index in [0.29, 0.717) is 35.9 Å². The number of thiophene rings is 1. The maximum Gasteiger partial charge on any atom is 0.261 e. The number of hydrogen-bond donors (Lipinski definition) is 2. The highest BCUT2D eigenvalue weighted by molar-refractivity contribution is 7.77. The molecule has 0 bridgehead atoms. The summed E-state index contributed by atoms with van der Waals surface area (Å²) in [4.78, 5) is 38.1. The summed E-state index contributed by atoms with van der Waals surface area (Å²) < 4.78 is 0. The first kappa shape index (κ1) is 24.3. The van der Waals surface area contributed by atoms with Crippen molar-refractivity contribution < 1.29 is 14.4 Å². The van der Waals surface area contributed by atoms with Crippen molar-refractivity contribution >= 4 is 41.9 Å². The molecule has 1 aliphatic heterocycles. The summed E-state index contributed by atoms with van der Waals surface area (Å²) in [5.74, 6) is 2.43. The van der Waals surface area contributed by atoms with Crippen molar-refractivity contribution in [3.8, 4) is 12.3 Å². The van der Waals surface area contributed by atoms with Crippen LogP contribution in [0.2, 0.25) is 0 Å². The van der Waals surface area contributed by atoms with E-state index in [9.17, 15) is 14.4 Å². The van der Waals surface area contributed by atoms with Gasteiger partial charge in [-0.2, -0.15) is 0 Å². The van der Waals surface area contributed by atoms with Gasteiger partial charge in [0.05, 0.1) is 22.9 Å². The predicted octanol–water partition coefficient (Wildman–Crippen LogP) is 4.48. The molecule has 0 spiro atoms. The first-order valence-electron chi connectivity index (χ1n) is 10.5. The van der Waals surface area contributed by atoms with Crippen molar-refractivity contribution in [2.45, 2.75) is 46.0 Å². The van der Waals surface area contributed by atoms with E-state index in [1.807, 2.05) is 24.5 Å². The van der Waals surface area contributed by atoms with E-state index >= 15 is 0 Å². The lowest BCUT2D eigenvalue weighted by molar-refractivity contribution is -0.118. The number of anilines is 1. The Morgan fingerprint density at radius 1 is 1.13 bits per heavy atom. The number of hydrogen-bond acceptors (Lipinski definition) is 4. The quantitative estimate of drug-likeness (QED) is 0.254. The van der Waals surface area contributed by atoms with E-state index in [0.717, 1.165) is 43.6 Å². The molecule has 0 atom stereocenters. The fourth-order valence-corrected chi connectivity index (χ4v) is 8.92. The Morgan fingerprint density at radius 2 is 1.80 bits per heavy atom. The number of amides is 2. The van der Waals surface area contributed by atoms with Crippen LogP contribution in [-0.4, -0.2) is 48.8 Å². The highest BCUT2D eigenvalue weighted by Gasteiger charge is 2.42. The Kier molecular flexibility index (Phi) is 9.75. The number of allylic oxidation sites excluding steroid dienone is 1. The van der Waals surface area contributed by atoms with Crippen molar-refractivity contribution in [1.82, 2.24) is 5.32 Å². The summed E-state index contributed by atoms with van der Waals surface area (Å²) in [6.07, 6.45) is 16.8. The highest BCUT2D eigenvalue weighted by Crippen LogP contribution is 2.61. The van der Waals surface area contributed by atoms with Gasteiger partial charge in [-0.15, -0.1) is 23.7 Å². The number of terminal acetylenes is 1. The molecule has 0 aromatic carbocycles. The predicted molar refractivity (Wildman–Crippen MR) is 128 cm³/mol. The first-order chi connectivity index (χ1) is 14.4. The van der Waals surface area contributed by atoms with Crippen LogP contribution in [0, 0.1) is 19.3 Å². The van der Waals surface area contributed by atoms with Gasteiger partial charge in [-0.05, 0) is 43.6 Å². The zero-order valence-corrected chi connectivity index (χ0v) is 19.7. The maximum atomic E-state index is 13.0. The van der Waals surface area contributed by atoms with Crippen LogP contribution in [0.3, 0.4) is 0 Å². The number of Topliss-reactive ketones (excluding diaryl/α,β-unsaturated/α-hetero) is 1. The standard InChI is InChI=1S/C23H31N2O3PS/c1-4-5-6-9-12-24-20(27)15-29(13-10-7-8-11-14-29)16-21(28)25-22-18(2)17-30-23(22)19(3)26/h1,6,9,17H,5,7-8,10-16H2,2-3H3,(H-,24,25,26,27,28)/p+1/b9-6-. The van der Waals surface area contributed by atoms with Crippen LogP contribution in [0.25, 0.3) is 0 Å². The molecule has 2 amide bonds. The average Bonchev–Trinajstić information content (AvgIpc) is 2.90. The largest absolute Gasteiger partial charge is 0.349 e. The van der Waals surface area contributed by atoms with E-state index in [1.165, 1.54) is 18.3 Å². The molecule has 1 fully saturated rings. The summed E-state index contributed by atoms with van der Waals surface area (Å²) in [6, 6.07) is 0. The lowest BCUT2D eigenvalue weighted by Gasteiger charge is -2.25. The van der Waals surface area contributed by atoms with Gasteiger partial charge in [-0.1, -0.05) is 12.2 Å². The molecule has 0 radical (unpaired) electrons. The Labute approximate surface area is 184 Å². The lowest BCUT2D eigenvalue weighted by atomic mass is 10.2. The third kappa shape index (κ3) is 7.38. The van der Waals surface area contributed by atoms with E-state index in [1.54, 1.807) is 0 Å². The van der Waals surface area contributed by atoms with Crippen LogP contribution in [0.1, 0.15) is 54.3 Å². The number of ketones is 1. The van der Waals surface area contributed by atoms with Crippen molar-refractivity contribution in [3.63, 3.8) is 0 Å². The van der Waals surface area contributed by atoms with Gasteiger partial charge in [0, 0.05) is 27.2 Å². The minimum absolute atomic E-state index is 0.0135. The molecule has 1 aromatic heterocycles. The van der Waals surface area contributed by atoms with Crippen molar-refractivity contribution in [3.05, 3.63) is 28.0 Å². The number of carbonyl (C=O) groups excluding carboxylic acids is 3. The Hall–Kier alpha value is -1.96. The van der Waals surface area contributed by atoms with Crippen LogP contribution in [0.15, 0.2) is 17.5 Å². The minimum atomic E-state index is -1.74. The maximum absolute atomic E-state index is 13.0. The number of carbonyl (C=O) groups is 3. The summed E-state index contributed by atoms with van der Waals surface area (Å²) in [7, 11) is -1.74. The topological polar surface area (TPSA) is 75.3 Å². The minimum Gasteiger partial charge on any atom is -0.349 e. The van der Waals surface area contributed by atoms with Crippen molar-refractivity contribution in [2.75, 3.05) is 36.5 Å². The molecule has 7 heteroatoms. The molecule has 1 saturated heterocycles. The summed E-state index contributed by atoms with van der Waals surface area (Å²) in [6.45, 7) is 3.88. The summed E-state index contributed by atoms with van der Waals surface area (Å²) >= 11 is 1.36. The Bertz CT molecular complexity index is 830. The second-order valence-electron chi connectivity index (χ2n) is 7.93. The Morgan fingerprint density at radius 3 is 2.43 bits per heavy atom. The van der Waals surface area contributed by atoms with Gasteiger partial charge >= 0.3 is 0 Å². The normalized spacial score (nSPS) is 15.9. The van der Waals surface area contributed by atoms with E-state index in [-0.39, 0.29) is 17.6 Å². The van der Waals surface area contributed by atoms with Crippen LogP contribution in [0.5, 0.6) is 0 Å². The molecule has 30 heavy (non-hydrogen) atoms. The number of nitrogens with one attached hydrogen (secondary N) is 2. The third-order valence-electron chi connectivity index (χ3n) is 5.35. The van der Waals surface area contributed by atoms with Crippen LogP contribution in [0.4, 0.5) is 5.69 Å². The first-order valence-corrected chi connectivity index (χ1v) is 13.9. The van der Waals surface area contributed by atoms with Gasteiger partial charge in [-0.25, -0.2) is 0 Å². The number of aryl methyl sites for hydroxylation is 1. The molecule has 0 unspecified atom stereocenters. The second-order valence-corrected chi connectivity index (χ2v) is 13.0. The van der Waals surface area contributed by atoms with Gasteiger partial charge in [0.2, 0.25) is 0 Å². The van der Waals surface area contributed by atoms with Gasteiger partial charge in [-0.3, -0.25) is 14.4 Å². The van der Waals surface area contributed by atoms with Crippen molar-refractivity contribution in [2.24, 2.45) is 0 Å². The van der Waals surface area contributed by atoms with Crippen molar-refractivity contribution in [1.29, 1.82) is 0 Å².